The molecule has 0 aliphatic carbocycles. The molecule has 0 fully saturated rings. The van der Waals surface area contributed by atoms with E-state index in [1.165, 1.54) is 0 Å². The quantitative estimate of drug-likeness (QED) is 0.187. The Morgan fingerprint density at radius 3 is 2.19 bits per heavy atom. The van der Waals surface area contributed by atoms with Gasteiger partial charge in [0.15, 0.2) is 0 Å². The number of carbonyl (C=O) groups is 2. The summed E-state index contributed by atoms with van der Waals surface area (Å²) in [5, 5.41) is 0.591. The van der Waals surface area contributed by atoms with Crippen molar-refractivity contribution in [1.29, 1.82) is 0 Å². The molecule has 0 radical (unpaired) electrons. The van der Waals surface area contributed by atoms with E-state index in [2.05, 4.69) is 20.8 Å². The second-order valence-electron chi connectivity index (χ2n) is 9.52. The summed E-state index contributed by atoms with van der Waals surface area (Å²) in [7, 11) is 0. The monoisotopic (exact) mass is 515 g/mol. The van der Waals surface area contributed by atoms with Crippen LogP contribution >= 0.6 is 11.6 Å². The molecule has 0 aromatic heterocycles. The van der Waals surface area contributed by atoms with E-state index in [0.29, 0.717) is 35.4 Å². The molecule has 0 aliphatic rings. The lowest BCUT2D eigenvalue weighted by atomic mass is 9.89. The third-order valence-corrected chi connectivity index (χ3v) is 6.64. The van der Waals surface area contributed by atoms with Crippen molar-refractivity contribution in [2.24, 2.45) is 5.92 Å². The molecule has 0 saturated carbocycles. The second kappa shape index (κ2) is 15.6. The Kier molecular flexibility index (Phi) is 12.8. The Hall–Kier alpha value is -2.53. The van der Waals surface area contributed by atoms with Crippen LogP contribution in [0.15, 0.2) is 48.5 Å². The summed E-state index contributed by atoms with van der Waals surface area (Å²) in [6.07, 6.45) is 5.55. The van der Waals surface area contributed by atoms with Gasteiger partial charge in [-0.25, -0.2) is 4.79 Å². The number of ether oxygens (including phenoxy) is 2. The molecule has 2 aromatic carbocycles. The Labute approximate surface area is 222 Å². The van der Waals surface area contributed by atoms with E-state index in [9.17, 15) is 9.59 Å². The second-order valence-corrected chi connectivity index (χ2v) is 9.96. The molecular weight excluding hydrogens is 474 g/mol. The predicted octanol–water partition coefficient (Wildman–Crippen LogP) is 8.38. The van der Waals surface area contributed by atoms with Crippen LogP contribution in [0.1, 0.15) is 90.2 Å². The fourth-order valence-electron chi connectivity index (χ4n) is 4.19. The smallest absolute Gasteiger partial charge is 0.414 e. The summed E-state index contributed by atoms with van der Waals surface area (Å²) < 4.78 is 11.5. The zero-order valence-electron chi connectivity index (χ0n) is 22.5. The highest BCUT2D eigenvalue weighted by Gasteiger charge is 2.31. The largest absolute Gasteiger partial charge is 0.465 e. The number of halogens is 1. The topological polar surface area (TPSA) is 55.8 Å². The molecule has 0 saturated heterocycles. The van der Waals surface area contributed by atoms with Crippen molar-refractivity contribution in [3.63, 3.8) is 0 Å². The van der Waals surface area contributed by atoms with Gasteiger partial charge in [0.2, 0.25) is 0 Å². The van der Waals surface area contributed by atoms with E-state index in [4.69, 9.17) is 21.1 Å². The van der Waals surface area contributed by atoms with Gasteiger partial charge in [0, 0.05) is 11.1 Å². The fourth-order valence-corrected chi connectivity index (χ4v) is 4.32. The van der Waals surface area contributed by atoms with Gasteiger partial charge < -0.3 is 9.47 Å². The van der Waals surface area contributed by atoms with Crippen molar-refractivity contribution in [2.75, 3.05) is 18.1 Å². The normalized spacial score (nSPS) is 12.8. The molecule has 5 nitrogen and oxygen atoms in total. The highest BCUT2D eigenvalue weighted by atomic mass is 35.5. The number of carbonyl (C=O) groups excluding carboxylic acids is 2. The minimum absolute atomic E-state index is 0.166. The minimum atomic E-state index is -0.702. The van der Waals surface area contributed by atoms with Crippen molar-refractivity contribution in [3.05, 3.63) is 64.7 Å². The van der Waals surface area contributed by atoms with Crippen LogP contribution in [0.25, 0.3) is 0 Å². The van der Waals surface area contributed by atoms with Gasteiger partial charge in [-0.2, -0.15) is 0 Å². The molecule has 0 bridgehead atoms. The summed E-state index contributed by atoms with van der Waals surface area (Å²) in [4.78, 5) is 28.4. The first-order chi connectivity index (χ1) is 17.3. The first-order valence-electron chi connectivity index (χ1n) is 13.3. The van der Waals surface area contributed by atoms with E-state index in [-0.39, 0.29) is 12.0 Å². The van der Waals surface area contributed by atoms with E-state index < -0.39 is 12.0 Å². The van der Waals surface area contributed by atoms with Crippen molar-refractivity contribution in [3.8, 4) is 0 Å². The molecule has 6 heteroatoms. The van der Waals surface area contributed by atoms with E-state index >= 15 is 0 Å². The zero-order valence-corrected chi connectivity index (χ0v) is 23.2. The summed E-state index contributed by atoms with van der Waals surface area (Å²) >= 11 is 6.15. The lowest BCUT2D eigenvalue weighted by Crippen LogP contribution is -2.39. The Bertz CT molecular complexity index is 944. The summed E-state index contributed by atoms with van der Waals surface area (Å²) in [5.74, 6) is -0.703. The van der Waals surface area contributed by atoms with Crippen LogP contribution in [0, 0.1) is 5.92 Å². The number of para-hydroxylation sites is 1. The predicted molar refractivity (Wildman–Crippen MR) is 148 cm³/mol. The van der Waals surface area contributed by atoms with E-state index in [1.807, 2.05) is 50.2 Å². The average Bonchev–Trinajstić information content (AvgIpc) is 2.86. The van der Waals surface area contributed by atoms with Crippen molar-refractivity contribution in [2.45, 2.75) is 85.1 Å². The minimum Gasteiger partial charge on any atom is -0.465 e. The molecule has 1 amide bonds. The maximum absolute atomic E-state index is 13.7. The number of benzene rings is 2. The summed E-state index contributed by atoms with van der Waals surface area (Å²) in [5.41, 5.74) is 2.11. The SMILES string of the molecule is CCCCOC(=O)N(c1ccccc1C(C(=O)OCC(CC)CCCC)c1ccc(Cl)cc1)C(C)C. The standard InChI is InChI=1S/C30H42ClNO4/c1-6-9-13-23(8-3)21-36-29(33)28(24-16-18-25(31)19-17-24)26-14-11-12-15-27(26)32(22(4)5)30(34)35-20-10-7-2/h11-12,14-19,22-23,28H,6-10,13,20-21H2,1-5H3. The summed E-state index contributed by atoms with van der Waals surface area (Å²) in [6, 6.07) is 14.6. The number of anilines is 1. The molecule has 2 atom stereocenters. The van der Waals surface area contributed by atoms with Gasteiger partial charge in [0.1, 0.15) is 5.92 Å². The zero-order chi connectivity index (χ0) is 26.5. The van der Waals surface area contributed by atoms with Crippen molar-refractivity contribution >= 4 is 29.4 Å². The Morgan fingerprint density at radius 2 is 1.58 bits per heavy atom. The van der Waals surface area contributed by atoms with Gasteiger partial charge in [-0.1, -0.05) is 88.4 Å². The van der Waals surface area contributed by atoms with Crippen LogP contribution in [-0.4, -0.2) is 31.3 Å². The molecule has 0 spiro atoms. The van der Waals surface area contributed by atoms with Crippen LogP contribution in [-0.2, 0) is 14.3 Å². The number of hydrogen-bond acceptors (Lipinski definition) is 4. The molecule has 2 aromatic rings. The Balaban J connectivity index is 2.46. The molecule has 2 rings (SSSR count). The highest BCUT2D eigenvalue weighted by Crippen LogP contribution is 2.35. The Morgan fingerprint density at radius 1 is 0.917 bits per heavy atom. The van der Waals surface area contributed by atoms with Gasteiger partial charge in [-0.05, 0) is 61.9 Å². The van der Waals surface area contributed by atoms with Crippen LogP contribution in [0.4, 0.5) is 10.5 Å². The highest BCUT2D eigenvalue weighted by molar-refractivity contribution is 6.30. The van der Waals surface area contributed by atoms with Crippen LogP contribution < -0.4 is 4.90 Å². The van der Waals surface area contributed by atoms with Gasteiger partial charge in [-0.15, -0.1) is 0 Å². The van der Waals surface area contributed by atoms with Crippen LogP contribution in [0.2, 0.25) is 5.02 Å². The first-order valence-corrected chi connectivity index (χ1v) is 13.7. The van der Waals surface area contributed by atoms with Gasteiger partial charge >= 0.3 is 12.1 Å². The number of unbranched alkanes of at least 4 members (excludes halogenated alkanes) is 2. The summed E-state index contributed by atoms with van der Waals surface area (Å²) in [6.45, 7) is 11.0. The first kappa shape index (κ1) is 29.7. The number of amides is 1. The molecular formula is C30H42ClNO4. The van der Waals surface area contributed by atoms with E-state index in [1.54, 1.807) is 17.0 Å². The molecule has 36 heavy (non-hydrogen) atoms. The fraction of sp³-hybridized carbons (Fsp3) is 0.533. The van der Waals surface area contributed by atoms with Gasteiger partial charge in [0.25, 0.3) is 0 Å². The lowest BCUT2D eigenvalue weighted by Gasteiger charge is -2.30. The number of hydrogen-bond donors (Lipinski definition) is 0. The van der Waals surface area contributed by atoms with Crippen molar-refractivity contribution < 1.29 is 19.1 Å². The average molecular weight is 516 g/mol. The van der Waals surface area contributed by atoms with Crippen molar-refractivity contribution in [1.82, 2.24) is 0 Å². The molecule has 198 valence electrons. The maximum Gasteiger partial charge on any atom is 0.414 e. The number of rotatable bonds is 14. The number of nitrogens with zero attached hydrogens (tertiary/aromatic N) is 1. The molecule has 0 N–H and O–H groups in total. The number of esters is 1. The molecule has 2 unspecified atom stereocenters. The van der Waals surface area contributed by atoms with Crippen LogP contribution in [0.5, 0.6) is 0 Å². The van der Waals surface area contributed by atoms with Crippen LogP contribution in [0.3, 0.4) is 0 Å². The third-order valence-electron chi connectivity index (χ3n) is 6.39. The third kappa shape index (κ3) is 8.55. The van der Waals surface area contributed by atoms with Gasteiger partial charge in [0.05, 0.1) is 18.9 Å². The lowest BCUT2D eigenvalue weighted by molar-refractivity contribution is -0.145. The maximum atomic E-state index is 13.7. The molecule has 0 heterocycles. The van der Waals surface area contributed by atoms with E-state index in [0.717, 1.165) is 44.1 Å². The van der Waals surface area contributed by atoms with Gasteiger partial charge in [-0.3, -0.25) is 9.69 Å². The molecule has 0 aliphatic heterocycles.